The van der Waals surface area contributed by atoms with E-state index in [-0.39, 0.29) is 0 Å². The summed E-state index contributed by atoms with van der Waals surface area (Å²) in [6.07, 6.45) is 5.60. The average Bonchev–Trinajstić information content (AvgIpc) is 1.85. The van der Waals surface area contributed by atoms with Crippen LogP contribution in [-0.2, 0) is 0 Å². The molecule has 0 aliphatic carbocycles. The van der Waals surface area contributed by atoms with E-state index >= 15 is 0 Å². The highest BCUT2D eigenvalue weighted by molar-refractivity contribution is 4.83. The number of hydrogen-bond acceptors (Lipinski definition) is 2. The third-order valence-corrected chi connectivity index (χ3v) is 1.38. The first-order valence-electron chi connectivity index (χ1n) is 4.07. The Morgan fingerprint density at radius 3 is 2.00 bits per heavy atom. The van der Waals surface area contributed by atoms with Gasteiger partial charge in [0.05, 0.1) is 0 Å². The Hall–Kier alpha value is -0.340. The van der Waals surface area contributed by atoms with E-state index in [9.17, 15) is 0 Å². The van der Waals surface area contributed by atoms with E-state index in [1.165, 1.54) is 0 Å². The van der Waals surface area contributed by atoms with Crippen LogP contribution in [0.4, 0.5) is 0 Å². The van der Waals surface area contributed by atoms with E-state index in [4.69, 9.17) is 0 Å². The highest BCUT2D eigenvalue weighted by atomic mass is 15.0. The van der Waals surface area contributed by atoms with E-state index in [1.807, 2.05) is 0 Å². The Balaban J connectivity index is 3.17. The van der Waals surface area contributed by atoms with E-state index in [2.05, 4.69) is 50.1 Å². The molecule has 0 unspecified atom stereocenters. The van der Waals surface area contributed by atoms with Crippen LogP contribution in [0.25, 0.3) is 0 Å². The second-order valence-corrected chi connectivity index (χ2v) is 3.33. The highest BCUT2D eigenvalue weighted by Crippen LogP contribution is 1.86. The molecule has 0 spiro atoms. The minimum Gasteiger partial charge on any atom is -0.309 e. The van der Waals surface area contributed by atoms with E-state index < -0.39 is 0 Å². The molecule has 0 radical (unpaired) electrons. The quantitative estimate of drug-likeness (QED) is 0.549. The van der Waals surface area contributed by atoms with Crippen molar-refractivity contribution >= 4 is 0 Å². The SMILES string of the molecule is CN(C)C/C=C/CCN(C)C. The van der Waals surface area contributed by atoms with Gasteiger partial charge in [-0.1, -0.05) is 12.2 Å². The topological polar surface area (TPSA) is 6.48 Å². The van der Waals surface area contributed by atoms with Gasteiger partial charge >= 0.3 is 0 Å². The molecule has 0 aromatic carbocycles. The predicted octanol–water partition coefficient (Wildman–Crippen LogP) is 1.06. The van der Waals surface area contributed by atoms with Crippen LogP contribution in [0.1, 0.15) is 6.42 Å². The van der Waals surface area contributed by atoms with Crippen LogP contribution in [0.3, 0.4) is 0 Å². The molecule has 0 saturated heterocycles. The summed E-state index contributed by atoms with van der Waals surface area (Å²) in [6, 6.07) is 0. The Labute approximate surface area is 70.5 Å². The van der Waals surface area contributed by atoms with Crippen LogP contribution >= 0.6 is 0 Å². The Morgan fingerprint density at radius 2 is 1.55 bits per heavy atom. The van der Waals surface area contributed by atoms with Gasteiger partial charge in [0.15, 0.2) is 0 Å². The fraction of sp³-hybridized carbons (Fsp3) is 0.778. The molecule has 0 N–H and O–H groups in total. The molecule has 0 fully saturated rings. The Kier molecular flexibility index (Phi) is 6.18. The van der Waals surface area contributed by atoms with Crippen LogP contribution in [0, 0.1) is 0 Å². The Morgan fingerprint density at radius 1 is 0.909 bits per heavy atom. The molecule has 66 valence electrons. The van der Waals surface area contributed by atoms with Gasteiger partial charge in [0.2, 0.25) is 0 Å². The lowest BCUT2D eigenvalue weighted by Crippen LogP contribution is -2.12. The van der Waals surface area contributed by atoms with Crippen LogP contribution in [-0.4, -0.2) is 51.1 Å². The van der Waals surface area contributed by atoms with Crippen molar-refractivity contribution in [3.05, 3.63) is 12.2 Å². The smallest absolute Gasteiger partial charge is 0.0157 e. The van der Waals surface area contributed by atoms with Gasteiger partial charge in [-0.25, -0.2) is 0 Å². The summed E-state index contributed by atoms with van der Waals surface area (Å²) in [5, 5.41) is 0. The third-order valence-electron chi connectivity index (χ3n) is 1.38. The summed E-state index contributed by atoms with van der Waals surface area (Å²) in [4.78, 5) is 4.35. The van der Waals surface area contributed by atoms with Crippen LogP contribution in [0.5, 0.6) is 0 Å². The minimum absolute atomic E-state index is 1.05. The van der Waals surface area contributed by atoms with Gasteiger partial charge in [-0.05, 0) is 34.6 Å². The van der Waals surface area contributed by atoms with Gasteiger partial charge in [0.25, 0.3) is 0 Å². The van der Waals surface area contributed by atoms with Crippen LogP contribution < -0.4 is 0 Å². The molecule has 0 atom stereocenters. The van der Waals surface area contributed by atoms with Gasteiger partial charge in [0.1, 0.15) is 0 Å². The molecule has 2 nitrogen and oxygen atoms in total. The maximum Gasteiger partial charge on any atom is 0.0157 e. The largest absolute Gasteiger partial charge is 0.309 e. The first-order chi connectivity index (χ1) is 5.13. The predicted molar refractivity (Wildman–Crippen MR) is 50.9 cm³/mol. The van der Waals surface area contributed by atoms with Crippen LogP contribution in [0.15, 0.2) is 12.2 Å². The third kappa shape index (κ3) is 9.66. The fourth-order valence-electron chi connectivity index (χ4n) is 0.736. The maximum absolute atomic E-state index is 2.24. The summed E-state index contributed by atoms with van der Waals surface area (Å²) in [5.74, 6) is 0. The summed E-state index contributed by atoms with van der Waals surface area (Å²) >= 11 is 0. The average molecular weight is 156 g/mol. The van der Waals surface area contributed by atoms with E-state index in [0.717, 1.165) is 19.5 Å². The summed E-state index contributed by atoms with van der Waals surface area (Å²) < 4.78 is 0. The molecule has 0 aromatic rings. The monoisotopic (exact) mass is 156 g/mol. The van der Waals surface area contributed by atoms with Crippen molar-refractivity contribution < 1.29 is 0 Å². The molecule has 0 saturated carbocycles. The molecular formula is C9H20N2. The van der Waals surface area contributed by atoms with Gasteiger partial charge < -0.3 is 9.80 Å². The zero-order valence-corrected chi connectivity index (χ0v) is 8.17. The molecule has 11 heavy (non-hydrogen) atoms. The maximum atomic E-state index is 2.24. The zero-order chi connectivity index (χ0) is 8.69. The number of hydrogen-bond donors (Lipinski definition) is 0. The molecule has 0 aliphatic rings. The summed E-state index contributed by atoms with van der Waals surface area (Å²) in [6.45, 7) is 2.19. The molecule has 2 heteroatoms. The zero-order valence-electron chi connectivity index (χ0n) is 8.17. The van der Waals surface area contributed by atoms with Crippen molar-refractivity contribution in [3.8, 4) is 0 Å². The highest BCUT2D eigenvalue weighted by Gasteiger charge is 1.85. The normalized spacial score (nSPS) is 12.2. The summed E-state index contributed by atoms with van der Waals surface area (Å²) in [5.41, 5.74) is 0. The van der Waals surface area contributed by atoms with Crippen LogP contribution in [0.2, 0.25) is 0 Å². The Bertz CT molecular complexity index is 106. The van der Waals surface area contributed by atoms with Gasteiger partial charge in [-0.15, -0.1) is 0 Å². The van der Waals surface area contributed by atoms with Gasteiger partial charge in [-0.2, -0.15) is 0 Å². The van der Waals surface area contributed by atoms with E-state index in [0.29, 0.717) is 0 Å². The molecule has 0 aromatic heterocycles. The molecule has 0 aliphatic heterocycles. The molecule has 0 amide bonds. The molecule has 0 bridgehead atoms. The van der Waals surface area contributed by atoms with Crippen molar-refractivity contribution in [1.29, 1.82) is 0 Å². The first kappa shape index (κ1) is 10.7. The van der Waals surface area contributed by atoms with Gasteiger partial charge in [0, 0.05) is 13.1 Å². The lowest BCUT2D eigenvalue weighted by Gasteiger charge is -2.06. The van der Waals surface area contributed by atoms with Crippen molar-refractivity contribution in [2.75, 3.05) is 41.3 Å². The first-order valence-corrected chi connectivity index (χ1v) is 4.07. The lowest BCUT2D eigenvalue weighted by atomic mass is 10.3. The van der Waals surface area contributed by atoms with Crippen molar-refractivity contribution in [3.63, 3.8) is 0 Å². The second kappa shape index (κ2) is 6.38. The fourth-order valence-corrected chi connectivity index (χ4v) is 0.736. The minimum atomic E-state index is 1.05. The lowest BCUT2D eigenvalue weighted by molar-refractivity contribution is 0.416. The summed E-state index contributed by atoms with van der Waals surface area (Å²) in [7, 11) is 8.35. The molecular weight excluding hydrogens is 136 g/mol. The van der Waals surface area contributed by atoms with E-state index in [1.54, 1.807) is 0 Å². The van der Waals surface area contributed by atoms with Gasteiger partial charge in [-0.3, -0.25) is 0 Å². The molecule has 0 rings (SSSR count). The number of likely N-dealkylation sites (N-methyl/N-ethyl adjacent to an activating group) is 1. The van der Waals surface area contributed by atoms with Crippen molar-refractivity contribution in [2.24, 2.45) is 0 Å². The van der Waals surface area contributed by atoms with Crippen molar-refractivity contribution in [1.82, 2.24) is 9.80 Å². The van der Waals surface area contributed by atoms with Crippen molar-refractivity contribution in [2.45, 2.75) is 6.42 Å². The second-order valence-electron chi connectivity index (χ2n) is 3.33. The number of nitrogens with zero attached hydrogens (tertiary/aromatic N) is 2. The standard InChI is InChI=1S/C9H20N2/c1-10(2)8-6-5-7-9-11(3)4/h5-6H,7-9H2,1-4H3/b6-5+. The molecule has 0 heterocycles. The number of rotatable bonds is 5.